The fraction of sp³-hybridized carbons (Fsp3) is 0.522. The van der Waals surface area contributed by atoms with Crippen LogP contribution in [0.25, 0.3) is 0 Å². The topological polar surface area (TPSA) is 25.2 Å². The molecule has 1 aromatic heterocycles. The molecule has 1 amide bonds. The summed E-state index contributed by atoms with van der Waals surface area (Å²) >= 11 is 0. The summed E-state index contributed by atoms with van der Waals surface area (Å²) in [6.07, 6.45) is 11.8. The Bertz CT molecular complexity index is 711. The molecule has 2 aliphatic carbocycles. The summed E-state index contributed by atoms with van der Waals surface area (Å²) < 4.78 is 2.30. The number of carbonyl (C=O) groups is 1. The fourth-order valence-electron chi connectivity index (χ4n) is 4.37. The van der Waals surface area contributed by atoms with Crippen molar-refractivity contribution < 1.29 is 4.79 Å². The Kier molecular flexibility index (Phi) is 5.42. The van der Waals surface area contributed by atoms with Gasteiger partial charge in [0.15, 0.2) is 0 Å². The Balaban J connectivity index is 1.52. The summed E-state index contributed by atoms with van der Waals surface area (Å²) in [5, 5.41) is 0. The number of carbonyl (C=O) groups excluding carboxylic acids is 1. The van der Waals surface area contributed by atoms with Crippen LogP contribution in [0, 0.1) is 5.92 Å². The normalized spacial score (nSPS) is 18.5. The van der Waals surface area contributed by atoms with Crippen LogP contribution in [0.3, 0.4) is 0 Å². The van der Waals surface area contributed by atoms with Crippen molar-refractivity contribution in [3.05, 3.63) is 59.9 Å². The van der Waals surface area contributed by atoms with E-state index in [4.69, 9.17) is 0 Å². The Hall–Kier alpha value is -2.03. The van der Waals surface area contributed by atoms with E-state index in [0.717, 1.165) is 25.9 Å². The van der Waals surface area contributed by atoms with Crippen LogP contribution in [0.2, 0.25) is 0 Å². The maximum atomic E-state index is 13.1. The van der Waals surface area contributed by atoms with Crippen molar-refractivity contribution in [2.24, 2.45) is 5.92 Å². The zero-order valence-electron chi connectivity index (χ0n) is 15.6. The predicted octanol–water partition coefficient (Wildman–Crippen LogP) is 5.00. The summed E-state index contributed by atoms with van der Waals surface area (Å²) in [4.78, 5) is 15.4. The number of rotatable bonds is 6. The molecule has 26 heavy (non-hydrogen) atoms. The van der Waals surface area contributed by atoms with E-state index in [1.807, 2.05) is 0 Å². The first kappa shape index (κ1) is 17.4. The molecular formula is C23H30N2O. The SMILES string of the molecule is O=C(C1CCC1)N(Cc1cccn1Cc1ccccc1)C1CCCCC1. The molecule has 0 N–H and O–H groups in total. The second-order valence-electron chi connectivity index (χ2n) is 8.00. The van der Waals surface area contributed by atoms with Crippen molar-refractivity contribution in [3.8, 4) is 0 Å². The Morgan fingerprint density at radius 1 is 0.923 bits per heavy atom. The molecule has 1 heterocycles. The minimum absolute atomic E-state index is 0.287. The standard InChI is InChI=1S/C23H30N2O/c26-23(20-11-7-12-20)25(21-13-5-2-6-14-21)18-22-15-8-16-24(22)17-19-9-3-1-4-10-19/h1,3-4,8-10,15-16,20-21H,2,5-7,11-14,17-18H2. The van der Waals surface area contributed by atoms with E-state index in [1.165, 1.54) is 49.8 Å². The lowest BCUT2D eigenvalue weighted by atomic mass is 9.83. The van der Waals surface area contributed by atoms with E-state index in [9.17, 15) is 4.79 Å². The summed E-state index contributed by atoms with van der Waals surface area (Å²) in [6.45, 7) is 1.64. The van der Waals surface area contributed by atoms with Crippen molar-refractivity contribution >= 4 is 5.91 Å². The zero-order chi connectivity index (χ0) is 17.8. The highest BCUT2D eigenvalue weighted by Crippen LogP contribution is 2.32. The van der Waals surface area contributed by atoms with Crippen LogP contribution < -0.4 is 0 Å². The number of hydrogen-bond donors (Lipinski definition) is 0. The van der Waals surface area contributed by atoms with E-state index < -0.39 is 0 Å². The van der Waals surface area contributed by atoms with Crippen LogP contribution in [0.5, 0.6) is 0 Å². The molecule has 0 spiro atoms. The fourth-order valence-corrected chi connectivity index (χ4v) is 4.37. The smallest absolute Gasteiger partial charge is 0.226 e. The maximum absolute atomic E-state index is 13.1. The zero-order valence-corrected chi connectivity index (χ0v) is 15.6. The molecule has 4 rings (SSSR count). The average molecular weight is 351 g/mol. The third-order valence-corrected chi connectivity index (χ3v) is 6.20. The molecule has 2 saturated carbocycles. The van der Waals surface area contributed by atoms with Gasteiger partial charge in [-0.05, 0) is 43.4 Å². The Morgan fingerprint density at radius 2 is 1.69 bits per heavy atom. The highest BCUT2D eigenvalue weighted by Gasteiger charge is 2.33. The maximum Gasteiger partial charge on any atom is 0.226 e. The second kappa shape index (κ2) is 8.11. The molecule has 0 aliphatic heterocycles. The molecule has 3 heteroatoms. The van der Waals surface area contributed by atoms with Gasteiger partial charge in [0, 0.05) is 30.4 Å². The molecule has 2 aliphatic rings. The lowest BCUT2D eigenvalue weighted by Gasteiger charge is -2.39. The van der Waals surface area contributed by atoms with Gasteiger partial charge in [-0.3, -0.25) is 4.79 Å². The van der Waals surface area contributed by atoms with Crippen molar-refractivity contribution in [1.29, 1.82) is 0 Å². The highest BCUT2D eigenvalue weighted by molar-refractivity contribution is 5.80. The number of aromatic nitrogens is 1. The first-order chi connectivity index (χ1) is 12.8. The van der Waals surface area contributed by atoms with E-state index in [2.05, 4.69) is 58.1 Å². The van der Waals surface area contributed by atoms with E-state index in [0.29, 0.717) is 11.9 Å². The molecule has 0 bridgehead atoms. The molecule has 3 nitrogen and oxygen atoms in total. The highest BCUT2D eigenvalue weighted by atomic mass is 16.2. The lowest BCUT2D eigenvalue weighted by molar-refractivity contribution is -0.142. The molecule has 0 unspecified atom stereocenters. The third kappa shape index (κ3) is 3.87. The molecule has 0 saturated heterocycles. The van der Waals surface area contributed by atoms with Gasteiger partial charge < -0.3 is 9.47 Å². The largest absolute Gasteiger partial charge is 0.345 e. The van der Waals surface area contributed by atoms with Gasteiger partial charge in [0.25, 0.3) is 0 Å². The van der Waals surface area contributed by atoms with Gasteiger partial charge in [-0.25, -0.2) is 0 Å². The average Bonchev–Trinajstić information content (AvgIpc) is 3.06. The summed E-state index contributed by atoms with van der Waals surface area (Å²) in [7, 11) is 0. The van der Waals surface area contributed by atoms with Gasteiger partial charge in [-0.1, -0.05) is 56.0 Å². The van der Waals surface area contributed by atoms with Gasteiger partial charge in [0.2, 0.25) is 5.91 Å². The molecule has 2 fully saturated rings. The van der Waals surface area contributed by atoms with Gasteiger partial charge in [-0.15, -0.1) is 0 Å². The first-order valence-electron chi connectivity index (χ1n) is 10.3. The van der Waals surface area contributed by atoms with Gasteiger partial charge in [0.1, 0.15) is 0 Å². The number of nitrogens with zero attached hydrogens (tertiary/aromatic N) is 2. The minimum atomic E-state index is 0.287. The van der Waals surface area contributed by atoms with Gasteiger partial charge in [0.05, 0.1) is 6.54 Å². The summed E-state index contributed by atoms with van der Waals surface area (Å²) in [5.74, 6) is 0.699. The quantitative estimate of drug-likeness (QED) is 0.720. The molecule has 0 atom stereocenters. The Morgan fingerprint density at radius 3 is 2.38 bits per heavy atom. The van der Waals surface area contributed by atoms with Crippen LogP contribution in [-0.2, 0) is 17.9 Å². The Labute approximate surface area is 157 Å². The van der Waals surface area contributed by atoms with Crippen LogP contribution in [-0.4, -0.2) is 21.4 Å². The molecule has 0 radical (unpaired) electrons. The summed E-state index contributed by atoms with van der Waals surface area (Å²) in [5.41, 5.74) is 2.56. The molecule has 2 aromatic rings. The molecular weight excluding hydrogens is 320 g/mol. The number of benzene rings is 1. The minimum Gasteiger partial charge on any atom is -0.345 e. The first-order valence-corrected chi connectivity index (χ1v) is 10.3. The van der Waals surface area contributed by atoms with Crippen LogP contribution in [0.15, 0.2) is 48.7 Å². The van der Waals surface area contributed by atoms with Crippen LogP contribution in [0.4, 0.5) is 0 Å². The lowest BCUT2D eigenvalue weighted by Crippen LogP contribution is -2.45. The van der Waals surface area contributed by atoms with Gasteiger partial charge in [-0.2, -0.15) is 0 Å². The van der Waals surface area contributed by atoms with Crippen molar-refractivity contribution in [2.45, 2.75) is 70.5 Å². The number of amides is 1. The van der Waals surface area contributed by atoms with Gasteiger partial charge >= 0.3 is 0 Å². The molecule has 1 aromatic carbocycles. The van der Waals surface area contributed by atoms with E-state index in [-0.39, 0.29) is 5.92 Å². The van der Waals surface area contributed by atoms with Crippen LogP contribution in [0.1, 0.15) is 62.6 Å². The predicted molar refractivity (Wildman–Crippen MR) is 105 cm³/mol. The third-order valence-electron chi connectivity index (χ3n) is 6.20. The van der Waals surface area contributed by atoms with Crippen molar-refractivity contribution in [3.63, 3.8) is 0 Å². The second-order valence-corrected chi connectivity index (χ2v) is 8.00. The van der Waals surface area contributed by atoms with Crippen LogP contribution >= 0.6 is 0 Å². The van der Waals surface area contributed by atoms with Crippen molar-refractivity contribution in [2.75, 3.05) is 0 Å². The van der Waals surface area contributed by atoms with E-state index >= 15 is 0 Å². The van der Waals surface area contributed by atoms with E-state index in [1.54, 1.807) is 0 Å². The number of hydrogen-bond acceptors (Lipinski definition) is 1. The summed E-state index contributed by atoms with van der Waals surface area (Å²) in [6, 6.07) is 15.3. The monoisotopic (exact) mass is 350 g/mol. The van der Waals surface area contributed by atoms with Crippen molar-refractivity contribution in [1.82, 2.24) is 9.47 Å². The molecule has 138 valence electrons.